The van der Waals surface area contributed by atoms with E-state index in [-0.39, 0.29) is 4.43 Å². The lowest BCUT2D eigenvalue weighted by Crippen LogP contribution is -2.58. The normalized spacial score (nSPS) is 17.1. The summed E-state index contributed by atoms with van der Waals surface area (Å²) in [7, 11) is -6.37. The first-order valence-electron chi connectivity index (χ1n) is 5.61. The third-order valence-corrected chi connectivity index (χ3v) is 4.04. The van der Waals surface area contributed by atoms with Crippen molar-refractivity contribution in [2.75, 3.05) is 17.6 Å². The molecule has 0 aliphatic carbocycles. The molecule has 2 atom stereocenters. The van der Waals surface area contributed by atoms with Crippen LogP contribution in [0.3, 0.4) is 0 Å². The van der Waals surface area contributed by atoms with Crippen LogP contribution in [0.4, 0.5) is 39.0 Å². The summed E-state index contributed by atoms with van der Waals surface area (Å²) < 4.78 is 141. The van der Waals surface area contributed by atoms with E-state index in [9.17, 15) is 47.4 Å². The molecule has 0 radical (unpaired) electrons. The van der Waals surface area contributed by atoms with Crippen LogP contribution in [0, 0.1) is 0 Å². The summed E-state index contributed by atoms with van der Waals surface area (Å²) in [6.45, 7) is -2.20. The first-order chi connectivity index (χ1) is 10.1. The summed E-state index contributed by atoms with van der Waals surface area (Å²) in [6.07, 6.45) is -13.0. The lowest BCUT2D eigenvalue weighted by molar-refractivity contribution is -0.260. The molecule has 0 aromatic rings. The predicted molar refractivity (Wildman–Crippen MR) is 69.0 cm³/mol. The van der Waals surface area contributed by atoms with E-state index in [1.54, 1.807) is 22.6 Å². The van der Waals surface area contributed by atoms with Crippen LogP contribution in [0.25, 0.3) is 0 Å². The van der Waals surface area contributed by atoms with Gasteiger partial charge in [-0.1, -0.05) is 22.6 Å². The Morgan fingerprint density at radius 1 is 1.00 bits per heavy atom. The lowest BCUT2D eigenvalue weighted by atomic mass is 10.0. The highest BCUT2D eigenvalue weighted by Crippen LogP contribution is 2.46. The Labute approximate surface area is 138 Å². The van der Waals surface area contributed by atoms with E-state index in [4.69, 9.17) is 0 Å². The van der Waals surface area contributed by atoms with Crippen LogP contribution in [0.2, 0.25) is 0 Å². The summed E-state index contributed by atoms with van der Waals surface area (Å²) in [5, 5.41) is -3.85. The van der Waals surface area contributed by atoms with Crippen molar-refractivity contribution in [3.63, 3.8) is 0 Å². The second kappa shape index (κ2) is 7.93. The van der Waals surface area contributed by atoms with E-state index in [0.29, 0.717) is 0 Å². The van der Waals surface area contributed by atoms with Crippen molar-refractivity contribution in [3.8, 4) is 0 Å². The molecular weight excluding hydrogens is 486 g/mol. The summed E-state index contributed by atoms with van der Waals surface area (Å²) >= 11 is 1.63. The van der Waals surface area contributed by atoms with Gasteiger partial charge in [-0.3, -0.25) is 0 Å². The molecule has 2 unspecified atom stereocenters. The predicted octanol–water partition coefficient (Wildman–Crippen LogP) is 3.67. The van der Waals surface area contributed by atoms with Crippen LogP contribution in [0.15, 0.2) is 0 Å². The van der Waals surface area contributed by atoms with Crippen molar-refractivity contribution in [2.24, 2.45) is 0 Å². The van der Waals surface area contributed by atoms with E-state index in [2.05, 4.69) is 4.74 Å². The second-order valence-electron chi connectivity index (χ2n) is 4.26. The van der Waals surface area contributed by atoms with Gasteiger partial charge in [-0.2, -0.15) is 39.2 Å². The number of hydrogen-bond acceptors (Lipinski definition) is 3. The summed E-state index contributed by atoms with van der Waals surface area (Å²) in [6, 6.07) is 0. The second-order valence-corrected chi connectivity index (χ2v) is 6.86. The molecule has 0 spiro atoms. The van der Waals surface area contributed by atoms with Crippen molar-refractivity contribution in [1.82, 2.24) is 0 Å². The minimum Gasteiger partial charge on any atom is -0.379 e. The third kappa shape index (κ3) is 6.43. The van der Waals surface area contributed by atoms with E-state index < -0.39 is 59.3 Å². The van der Waals surface area contributed by atoms with Crippen LogP contribution >= 0.6 is 22.6 Å². The number of ether oxygens (including phenoxy) is 1. The third-order valence-electron chi connectivity index (χ3n) is 2.48. The first-order valence-corrected chi connectivity index (χ1v) is 8.58. The van der Waals surface area contributed by atoms with E-state index in [0.717, 1.165) is 0 Å². The van der Waals surface area contributed by atoms with Gasteiger partial charge < -0.3 is 4.74 Å². The van der Waals surface area contributed by atoms with Gasteiger partial charge in [-0.25, -0.2) is 4.39 Å². The van der Waals surface area contributed by atoms with Gasteiger partial charge in [0, 0.05) is 4.43 Å². The minimum absolute atomic E-state index is 0.0958. The monoisotopic (exact) mass is 496 g/mol. The standard InChI is InChI=1S/C9H10F9IO3S/c10-5(3-7(11,12)13)8(14,15)9(16,17)6(23(18,20)21)4-22-2-1-19/h5-6H,1-4H2. The molecule has 23 heavy (non-hydrogen) atoms. The average Bonchev–Trinajstić information content (AvgIpc) is 2.30. The molecule has 0 bridgehead atoms. The Morgan fingerprint density at radius 2 is 1.48 bits per heavy atom. The Balaban J connectivity index is 5.56. The van der Waals surface area contributed by atoms with Crippen molar-refractivity contribution >= 4 is 32.8 Å². The largest absolute Gasteiger partial charge is 0.392 e. The van der Waals surface area contributed by atoms with Crippen LogP contribution in [0.1, 0.15) is 6.42 Å². The molecule has 0 saturated heterocycles. The molecule has 0 aliphatic heterocycles. The molecular formula is C9H10F9IO3S. The number of hydrogen-bond donors (Lipinski definition) is 0. The van der Waals surface area contributed by atoms with Crippen LogP contribution in [-0.2, 0) is 15.0 Å². The molecule has 0 aliphatic rings. The van der Waals surface area contributed by atoms with Gasteiger partial charge in [0.25, 0.3) is 0 Å². The smallest absolute Gasteiger partial charge is 0.379 e. The van der Waals surface area contributed by atoms with E-state index >= 15 is 0 Å². The molecule has 3 nitrogen and oxygen atoms in total. The summed E-state index contributed by atoms with van der Waals surface area (Å²) in [5.41, 5.74) is 0. The summed E-state index contributed by atoms with van der Waals surface area (Å²) in [5.74, 6) is -12.0. The van der Waals surface area contributed by atoms with Crippen molar-refractivity contribution in [1.29, 1.82) is 0 Å². The highest BCUT2D eigenvalue weighted by Gasteiger charge is 2.70. The van der Waals surface area contributed by atoms with E-state index in [1.807, 2.05) is 0 Å². The average molecular weight is 496 g/mol. The molecule has 0 N–H and O–H groups in total. The van der Waals surface area contributed by atoms with Gasteiger partial charge >= 0.3 is 28.2 Å². The van der Waals surface area contributed by atoms with Gasteiger partial charge in [-0.15, -0.1) is 3.89 Å². The quantitative estimate of drug-likeness (QED) is 0.161. The molecule has 0 fully saturated rings. The Kier molecular flexibility index (Phi) is 7.93. The minimum atomic E-state index is -6.37. The molecule has 0 rings (SSSR count). The van der Waals surface area contributed by atoms with Crippen molar-refractivity contribution in [3.05, 3.63) is 0 Å². The number of rotatable bonds is 9. The van der Waals surface area contributed by atoms with Crippen LogP contribution in [-0.4, -0.2) is 55.5 Å². The fourth-order valence-corrected chi connectivity index (χ4v) is 2.44. The zero-order valence-corrected chi connectivity index (χ0v) is 13.9. The molecule has 0 saturated carbocycles. The zero-order valence-electron chi connectivity index (χ0n) is 10.9. The molecule has 0 aromatic carbocycles. The number of alkyl halides is 9. The Hall–Kier alpha value is 0.01000. The maximum atomic E-state index is 13.6. The maximum absolute atomic E-state index is 13.6. The van der Waals surface area contributed by atoms with Gasteiger partial charge in [0.15, 0.2) is 11.4 Å². The van der Waals surface area contributed by atoms with Gasteiger partial charge in [0.05, 0.1) is 19.6 Å². The fourth-order valence-electron chi connectivity index (χ4n) is 1.36. The highest BCUT2D eigenvalue weighted by molar-refractivity contribution is 14.1. The fraction of sp³-hybridized carbons (Fsp3) is 1.00. The first kappa shape index (κ1) is 23.0. The van der Waals surface area contributed by atoms with Gasteiger partial charge in [0.2, 0.25) is 0 Å². The molecule has 140 valence electrons. The van der Waals surface area contributed by atoms with Gasteiger partial charge in [-0.05, 0) is 0 Å². The van der Waals surface area contributed by atoms with Crippen molar-refractivity contribution < 1.29 is 52.2 Å². The molecule has 14 heteroatoms. The topological polar surface area (TPSA) is 43.4 Å². The maximum Gasteiger partial charge on any atom is 0.392 e. The van der Waals surface area contributed by atoms with Crippen LogP contribution < -0.4 is 0 Å². The lowest BCUT2D eigenvalue weighted by Gasteiger charge is -2.33. The van der Waals surface area contributed by atoms with Crippen molar-refractivity contribution in [2.45, 2.75) is 35.9 Å². The zero-order chi connectivity index (χ0) is 18.7. The molecule has 0 amide bonds. The SMILES string of the molecule is O=S(=O)(F)C(COCCI)C(F)(F)C(F)(F)C(F)CC(F)(F)F. The highest BCUT2D eigenvalue weighted by atomic mass is 127. The van der Waals surface area contributed by atoms with E-state index in [1.165, 1.54) is 0 Å². The Bertz CT molecular complexity index is 479. The van der Waals surface area contributed by atoms with Gasteiger partial charge in [0.1, 0.15) is 0 Å². The molecule has 0 heterocycles. The molecule has 0 aromatic heterocycles. The van der Waals surface area contributed by atoms with Crippen LogP contribution in [0.5, 0.6) is 0 Å². The summed E-state index contributed by atoms with van der Waals surface area (Å²) in [4.78, 5) is 0. The Morgan fingerprint density at radius 3 is 1.83 bits per heavy atom. The number of halogens is 10.